The number of hydrogen-bond acceptors (Lipinski definition) is 6. The summed E-state index contributed by atoms with van der Waals surface area (Å²) in [5.41, 5.74) is 2.04. The quantitative estimate of drug-likeness (QED) is 0.771. The fourth-order valence-electron chi connectivity index (χ4n) is 3.86. The summed E-state index contributed by atoms with van der Waals surface area (Å²) in [5.74, 6) is -2.07. The van der Waals surface area contributed by atoms with Gasteiger partial charge >= 0.3 is 5.97 Å². The summed E-state index contributed by atoms with van der Waals surface area (Å²) in [5, 5.41) is 23.4. The molecule has 0 unspecified atom stereocenters. The van der Waals surface area contributed by atoms with E-state index in [2.05, 4.69) is 10.1 Å². The second-order valence-electron chi connectivity index (χ2n) is 6.50. The number of aliphatic hydroxyl groups excluding tert-OH is 1. The number of amides is 1. The highest BCUT2D eigenvalue weighted by Gasteiger charge is 2.58. The summed E-state index contributed by atoms with van der Waals surface area (Å²) in [4.78, 5) is 34.8. The van der Waals surface area contributed by atoms with Crippen LogP contribution in [0, 0.1) is 5.92 Å². The van der Waals surface area contributed by atoms with Gasteiger partial charge in [-0.05, 0) is 25.5 Å². The fourth-order valence-corrected chi connectivity index (χ4v) is 3.86. The Labute approximate surface area is 143 Å². The van der Waals surface area contributed by atoms with Crippen LogP contribution in [0.1, 0.15) is 25.3 Å². The second kappa shape index (κ2) is 5.66. The lowest BCUT2D eigenvalue weighted by molar-refractivity contribution is -0.161. The van der Waals surface area contributed by atoms with Crippen LogP contribution in [0.25, 0.3) is 0 Å². The van der Waals surface area contributed by atoms with Gasteiger partial charge in [-0.15, -0.1) is 0 Å². The van der Waals surface area contributed by atoms with Crippen LogP contribution in [0.5, 0.6) is 0 Å². The van der Waals surface area contributed by atoms with Crippen LogP contribution in [-0.2, 0) is 14.4 Å². The molecule has 1 aromatic rings. The van der Waals surface area contributed by atoms with E-state index >= 15 is 0 Å². The molecule has 1 saturated heterocycles. The van der Waals surface area contributed by atoms with E-state index in [4.69, 9.17) is 4.84 Å². The molecule has 130 valence electrons. The average Bonchev–Trinajstić information content (AvgIpc) is 3.17. The van der Waals surface area contributed by atoms with Crippen molar-refractivity contribution in [3.63, 3.8) is 0 Å². The summed E-state index contributed by atoms with van der Waals surface area (Å²) in [6, 6.07) is 3.33. The molecule has 1 fully saturated rings. The Balaban J connectivity index is 1.59. The van der Waals surface area contributed by atoms with Gasteiger partial charge in [0.05, 0.1) is 23.8 Å². The van der Waals surface area contributed by atoms with E-state index in [0.29, 0.717) is 24.1 Å². The third-order valence-electron chi connectivity index (χ3n) is 5.02. The van der Waals surface area contributed by atoms with Gasteiger partial charge < -0.3 is 20.0 Å². The third-order valence-corrected chi connectivity index (χ3v) is 5.02. The number of rotatable bonds is 4. The van der Waals surface area contributed by atoms with Crippen molar-refractivity contribution in [2.24, 2.45) is 11.1 Å². The van der Waals surface area contributed by atoms with Crippen LogP contribution in [0.3, 0.4) is 0 Å². The van der Waals surface area contributed by atoms with Crippen molar-refractivity contribution in [2.45, 2.75) is 38.0 Å². The molecular formula is C17H17N3O5. The van der Waals surface area contributed by atoms with Gasteiger partial charge in [0, 0.05) is 30.0 Å². The number of fused-ring (bicyclic) bond motifs is 1. The lowest BCUT2D eigenvalue weighted by Gasteiger charge is -2.44. The molecule has 4 heterocycles. The van der Waals surface area contributed by atoms with Crippen molar-refractivity contribution in [2.75, 3.05) is 0 Å². The number of aliphatic carboxylic acids is 1. The summed E-state index contributed by atoms with van der Waals surface area (Å²) in [6.07, 6.45) is 2.80. The van der Waals surface area contributed by atoms with Crippen LogP contribution >= 0.6 is 0 Å². The van der Waals surface area contributed by atoms with Crippen molar-refractivity contribution < 1.29 is 24.6 Å². The molecule has 0 aromatic carbocycles. The first-order valence-electron chi connectivity index (χ1n) is 8.09. The molecule has 8 nitrogen and oxygen atoms in total. The summed E-state index contributed by atoms with van der Waals surface area (Å²) < 4.78 is 0. The third kappa shape index (κ3) is 2.32. The smallest absolute Gasteiger partial charge is 0.352 e. The lowest BCUT2D eigenvalue weighted by atomic mass is 9.82. The van der Waals surface area contributed by atoms with E-state index in [1.54, 1.807) is 25.4 Å². The van der Waals surface area contributed by atoms with E-state index in [0.717, 1.165) is 5.56 Å². The minimum absolute atomic E-state index is 0.0282. The van der Waals surface area contributed by atoms with E-state index < -0.39 is 24.1 Å². The predicted octanol–water partition coefficient (Wildman–Crippen LogP) is 0.525. The molecule has 0 aliphatic carbocycles. The number of carbonyl (C=O) groups is 2. The highest BCUT2D eigenvalue weighted by molar-refractivity contribution is 6.02. The summed E-state index contributed by atoms with van der Waals surface area (Å²) >= 11 is 0. The van der Waals surface area contributed by atoms with Crippen molar-refractivity contribution in [3.05, 3.63) is 41.4 Å². The number of oxime groups is 1. The van der Waals surface area contributed by atoms with Crippen LogP contribution in [0.15, 0.2) is 41.0 Å². The number of pyridine rings is 1. The Morgan fingerprint density at radius 2 is 2.24 bits per heavy atom. The maximum atomic E-state index is 12.2. The van der Waals surface area contributed by atoms with Gasteiger partial charge in [-0.1, -0.05) is 5.16 Å². The number of carboxylic acids is 1. The van der Waals surface area contributed by atoms with Crippen LogP contribution < -0.4 is 0 Å². The molecule has 3 aliphatic rings. The van der Waals surface area contributed by atoms with Crippen LogP contribution in [0.4, 0.5) is 0 Å². The SMILES string of the molecule is C[C@@H](O)[C@H]1C(=O)N2C(C(=O)O)=C([C@H]3CC(c4cccnc4)=NO3)C[C@H]12. The first-order valence-corrected chi connectivity index (χ1v) is 8.09. The molecule has 0 radical (unpaired) electrons. The normalized spacial score (nSPS) is 29.0. The number of β-lactam (4-membered cyclic amide) rings is 1. The molecule has 25 heavy (non-hydrogen) atoms. The Hall–Kier alpha value is -2.74. The zero-order chi connectivity index (χ0) is 17.7. The minimum Gasteiger partial charge on any atom is -0.477 e. The lowest BCUT2D eigenvalue weighted by Crippen LogP contribution is -2.61. The van der Waals surface area contributed by atoms with Gasteiger partial charge in [-0.3, -0.25) is 9.78 Å². The maximum Gasteiger partial charge on any atom is 0.352 e. The van der Waals surface area contributed by atoms with Crippen molar-refractivity contribution in [1.82, 2.24) is 9.88 Å². The molecule has 2 N–H and O–H groups in total. The van der Waals surface area contributed by atoms with Crippen molar-refractivity contribution >= 4 is 17.6 Å². The Morgan fingerprint density at radius 3 is 2.88 bits per heavy atom. The van der Waals surface area contributed by atoms with E-state index in [9.17, 15) is 19.8 Å². The Bertz CT molecular complexity index is 802. The molecule has 0 bridgehead atoms. The average molecular weight is 343 g/mol. The highest BCUT2D eigenvalue weighted by Crippen LogP contribution is 2.46. The number of aromatic nitrogens is 1. The van der Waals surface area contributed by atoms with Gasteiger partial charge in [0.1, 0.15) is 5.70 Å². The largest absolute Gasteiger partial charge is 0.477 e. The zero-order valence-corrected chi connectivity index (χ0v) is 13.5. The first kappa shape index (κ1) is 15.8. The molecular weight excluding hydrogens is 326 g/mol. The maximum absolute atomic E-state index is 12.2. The highest BCUT2D eigenvalue weighted by atomic mass is 16.6. The molecule has 8 heteroatoms. The van der Waals surface area contributed by atoms with Crippen LogP contribution in [0.2, 0.25) is 0 Å². The number of carboxylic acid groups (broad SMARTS) is 1. The molecule has 0 saturated carbocycles. The van der Waals surface area contributed by atoms with Gasteiger partial charge in [-0.25, -0.2) is 4.79 Å². The molecule has 0 spiro atoms. The number of carbonyl (C=O) groups excluding carboxylic acids is 1. The Kier molecular flexibility index (Phi) is 3.57. The summed E-state index contributed by atoms with van der Waals surface area (Å²) in [7, 11) is 0. The van der Waals surface area contributed by atoms with E-state index in [-0.39, 0.29) is 17.6 Å². The topological polar surface area (TPSA) is 112 Å². The second-order valence-corrected chi connectivity index (χ2v) is 6.50. The van der Waals surface area contributed by atoms with Gasteiger partial charge in [0.15, 0.2) is 6.10 Å². The predicted molar refractivity (Wildman–Crippen MR) is 85.3 cm³/mol. The molecule has 1 amide bonds. The van der Waals surface area contributed by atoms with E-state index in [1.807, 2.05) is 6.07 Å². The number of hydrogen-bond donors (Lipinski definition) is 2. The molecule has 4 rings (SSSR count). The fraction of sp³-hybridized carbons (Fsp3) is 0.412. The Morgan fingerprint density at radius 1 is 1.44 bits per heavy atom. The molecule has 1 aromatic heterocycles. The van der Waals surface area contributed by atoms with E-state index in [1.165, 1.54) is 4.90 Å². The molecule has 4 atom stereocenters. The van der Waals surface area contributed by atoms with Crippen molar-refractivity contribution in [1.29, 1.82) is 0 Å². The van der Waals surface area contributed by atoms with Crippen LogP contribution in [-0.4, -0.2) is 55.9 Å². The number of aliphatic hydroxyl groups is 1. The zero-order valence-electron chi connectivity index (χ0n) is 13.5. The monoisotopic (exact) mass is 343 g/mol. The first-order chi connectivity index (χ1) is 12.0. The molecule has 3 aliphatic heterocycles. The van der Waals surface area contributed by atoms with Gasteiger partial charge in [-0.2, -0.15) is 0 Å². The standard InChI is InChI=1S/C17H17N3O5/c1-8(21)14-12-5-10(15(17(23)24)20(12)16(14)22)13-6-11(19-25-13)9-3-2-4-18-7-9/h2-4,7-8,12-14,21H,5-6H2,1H3,(H,23,24)/t8-,12-,13-,14-/m1/s1. The van der Waals surface area contributed by atoms with Gasteiger partial charge in [0.25, 0.3) is 0 Å². The number of nitrogens with zero attached hydrogens (tertiary/aromatic N) is 3. The summed E-state index contributed by atoms with van der Waals surface area (Å²) in [6.45, 7) is 1.55. The van der Waals surface area contributed by atoms with Crippen molar-refractivity contribution in [3.8, 4) is 0 Å². The van der Waals surface area contributed by atoms with Gasteiger partial charge in [0.2, 0.25) is 5.91 Å². The minimum atomic E-state index is -1.16.